The van der Waals surface area contributed by atoms with Crippen LogP contribution >= 0.6 is 11.8 Å². The average Bonchev–Trinajstić information content (AvgIpc) is 2.70. The Labute approximate surface area is 92.1 Å². The summed E-state index contributed by atoms with van der Waals surface area (Å²) in [6, 6.07) is 0.768. The van der Waals surface area contributed by atoms with Gasteiger partial charge in [0.1, 0.15) is 0 Å². The van der Waals surface area contributed by atoms with E-state index in [1.165, 1.54) is 44.4 Å². The van der Waals surface area contributed by atoms with E-state index < -0.39 is 0 Å². The third-order valence-corrected chi connectivity index (χ3v) is 3.72. The van der Waals surface area contributed by atoms with E-state index in [4.69, 9.17) is 5.11 Å². The molecule has 1 aliphatic carbocycles. The highest BCUT2D eigenvalue weighted by molar-refractivity contribution is 7.98. The lowest BCUT2D eigenvalue weighted by Crippen LogP contribution is -2.36. The van der Waals surface area contributed by atoms with E-state index in [9.17, 15) is 0 Å². The Balaban J connectivity index is 2.22. The van der Waals surface area contributed by atoms with E-state index in [-0.39, 0.29) is 0 Å². The zero-order chi connectivity index (χ0) is 10.2. The summed E-state index contributed by atoms with van der Waals surface area (Å²) in [7, 11) is 0. The van der Waals surface area contributed by atoms with Gasteiger partial charge in [-0.15, -0.1) is 0 Å². The third kappa shape index (κ3) is 4.20. The molecule has 0 aliphatic heterocycles. The van der Waals surface area contributed by atoms with Crippen LogP contribution in [0.5, 0.6) is 0 Å². The molecule has 0 heterocycles. The minimum Gasteiger partial charge on any atom is -0.395 e. The predicted octanol–water partition coefficient (Wildman–Crippen LogP) is 1.98. The molecule has 1 saturated carbocycles. The fraction of sp³-hybridized carbons (Fsp3) is 1.00. The van der Waals surface area contributed by atoms with Gasteiger partial charge < -0.3 is 5.11 Å². The van der Waals surface area contributed by atoms with Crippen LogP contribution in [0.2, 0.25) is 0 Å². The van der Waals surface area contributed by atoms with Crippen molar-refractivity contribution in [3.05, 3.63) is 0 Å². The largest absolute Gasteiger partial charge is 0.395 e. The molecule has 0 radical (unpaired) electrons. The van der Waals surface area contributed by atoms with Crippen molar-refractivity contribution in [3.8, 4) is 0 Å². The summed E-state index contributed by atoms with van der Waals surface area (Å²) in [5.41, 5.74) is 0. The van der Waals surface area contributed by atoms with E-state index in [1.54, 1.807) is 0 Å². The monoisotopic (exact) mass is 217 g/mol. The molecule has 0 saturated heterocycles. The fourth-order valence-corrected chi connectivity index (χ4v) is 2.70. The molecule has 0 bridgehead atoms. The van der Waals surface area contributed by atoms with Gasteiger partial charge in [0.15, 0.2) is 0 Å². The highest BCUT2D eigenvalue weighted by atomic mass is 32.2. The normalized spacial score (nSPS) is 18.2. The Morgan fingerprint density at radius 1 is 1.29 bits per heavy atom. The zero-order valence-electron chi connectivity index (χ0n) is 9.24. The summed E-state index contributed by atoms with van der Waals surface area (Å²) in [6.07, 6.45) is 8.88. The summed E-state index contributed by atoms with van der Waals surface area (Å²) >= 11 is 1.92. The van der Waals surface area contributed by atoms with E-state index in [0.717, 1.165) is 12.6 Å². The lowest BCUT2D eigenvalue weighted by molar-refractivity contribution is 0.152. The predicted molar refractivity (Wildman–Crippen MR) is 63.9 cm³/mol. The molecule has 0 aromatic heterocycles. The molecule has 0 amide bonds. The van der Waals surface area contributed by atoms with Crippen molar-refractivity contribution in [2.45, 2.75) is 38.1 Å². The maximum atomic E-state index is 9.01. The molecule has 14 heavy (non-hydrogen) atoms. The Kier molecular flexibility index (Phi) is 6.65. The van der Waals surface area contributed by atoms with Gasteiger partial charge in [0, 0.05) is 12.6 Å². The molecular weight excluding hydrogens is 194 g/mol. The summed E-state index contributed by atoms with van der Waals surface area (Å²) < 4.78 is 0. The molecule has 1 fully saturated rings. The summed E-state index contributed by atoms with van der Waals surface area (Å²) in [5, 5.41) is 9.01. The number of nitrogens with zero attached hydrogens (tertiary/aromatic N) is 1. The number of hydrogen-bond donors (Lipinski definition) is 1. The molecule has 2 nitrogen and oxygen atoms in total. The molecule has 0 spiro atoms. The van der Waals surface area contributed by atoms with Crippen LogP contribution in [0.15, 0.2) is 0 Å². The molecule has 0 aromatic carbocycles. The van der Waals surface area contributed by atoms with Crippen LogP contribution in [-0.2, 0) is 0 Å². The highest BCUT2D eigenvalue weighted by Gasteiger charge is 2.21. The molecular formula is C11H23NOS. The van der Waals surface area contributed by atoms with Crippen molar-refractivity contribution in [2.75, 3.05) is 31.7 Å². The van der Waals surface area contributed by atoms with Gasteiger partial charge in [-0.2, -0.15) is 11.8 Å². The van der Waals surface area contributed by atoms with Crippen LogP contribution in [0.3, 0.4) is 0 Å². The van der Waals surface area contributed by atoms with Gasteiger partial charge >= 0.3 is 0 Å². The molecule has 1 N–H and O–H groups in total. The van der Waals surface area contributed by atoms with Gasteiger partial charge in [0.25, 0.3) is 0 Å². The van der Waals surface area contributed by atoms with E-state index in [1.807, 2.05) is 11.8 Å². The Morgan fingerprint density at radius 2 is 2.00 bits per heavy atom. The molecule has 1 aliphatic rings. The van der Waals surface area contributed by atoms with Gasteiger partial charge in [-0.3, -0.25) is 4.90 Å². The van der Waals surface area contributed by atoms with Gasteiger partial charge in [-0.25, -0.2) is 0 Å². The first-order valence-corrected chi connectivity index (χ1v) is 7.11. The third-order valence-electron chi connectivity index (χ3n) is 3.02. The van der Waals surface area contributed by atoms with Gasteiger partial charge in [0.05, 0.1) is 6.61 Å². The maximum Gasteiger partial charge on any atom is 0.0558 e. The molecule has 0 atom stereocenters. The summed E-state index contributed by atoms with van der Waals surface area (Å²) in [6.45, 7) is 2.36. The molecule has 3 heteroatoms. The minimum absolute atomic E-state index is 0.315. The van der Waals surface area contributed by atoms with Gasteiger partial charge in [0.2, 0.25) is 0 Å². The number of hydrogen-bond acceptors (Lipinski definition) is 3. The van der Waals surface area contributed by atoms with E-state index >= 15 is 0 Å². The van der Waals surface area contributed by atoms with Crippen LogP contribution in [0.1, 0.15) is 32.1 Å². The minimum atomic E-state index is 0.315. The highest BCUT2D eigenvalue weighted by Crippen LogP contribution is 2.23. The van der Waals surface area contributed by atoms with E-state index in [0.29, 0.717) is 6.61 Å². The fourth-order valence-electron chi connectivity index (χ4n) is 2.29. The standard InChI is InChI=1S/C11H23NOS/c1-14-10-4-7-12(8-9-13)11-5-2-3-6-11/h11,13H,2-10H2,1H3. The van der Waals surface area contributed by atoms with Crippen molar-refractivity contribution in [2.24, 2.45) is 0 Å². The van der Waals surface area contributed by atoms with Crippen molar-refractivity contribution in [3.63, 3.8) is 0 Å². The van der Waals surface area contributed by atoms with Crippen LogP contribution < -0.4 is 0 Å². The number of aliphatic hydroxyl groups excluding tert-OH is 1. The average molecular weight is 217 g/mol. The number of thioether (sulfide) groups is 1. The lowest BCUT2D eigenvalue weighted by Gasteiger charge is -2.27. The second-order valence-corrected chi connectivity index (χ2v) is 5.03. The number of aliphatic hydroxyl groups is 1. The van der Waals surface area contributed by atoms with Crippen molar-refractivity contribution in [1.29, 1.82) is 0 Å². The SMILES string of the molecule is CSCCCN(CCO)C1CCCC1. The topological polar surface area (TPSA) is 23.5 Å². The zero-order valence-corrected chi connectivity index (χ0v) is 10.1. The van der Waals surface area contributed by atoms with Crippen LogP contribution in [0.4, 0.5) is 0 Å². The maximum absolute atomic E-state index is 9.01. The second-order valence-electron chi connectivity index (χ2n) is 4.04. The first-order chi connectivity index (χ1) is 6.88. The van der Waals surface area contributed by atoms with E-state index in [2.05, 4.69) is 11.2 Å². The van der Waals surface area contributed by atoms with Crippen LogP contribution in [0.25, 0.3) is 0 Å². The van der Waals surface area contributed by atoms with Gasteiger partial charge in [-0.1, -0.05) is 12.8 Å². The van der Waals surface area contributed by atoms with Crippen molar-refractivity contribution < 1.29 is 5.11 Å². The van der Waals surface area contributed by atoms with Crippen molar-refractivity contribution >= 4 is 11.8 Å². The summed E-state index contributed by atoms with van der Waals surface area (Å²) in [4.78, 5) is 2.49. The van der Waals surface area contributed by atoms with Crippen LogP contribution in [-0.4, -0.2) is 47.8 Å². The molecule has 84 valence electrons. The lowest BCUT2D eigenvalue weighted by atomic mass is 10.2. The quantitative estimate of drug-likeness (QED) is 0.660. The smallest absolute Gasteiger partial charge is 0.0558 e. The first-order valence-electron chi connectivity index (χ1n) is 5.72. The second kappa shape index (κ2) is 7.55. The molecule has 1 rings (SSSR count). The van der Waals surface area contributed by atoms with Gasteiger partial charge in [-0.05, 0) is 37.8 Å². The first kappa shape index (κ1) is 12.3. The summed E-state index contributed by atoms with van der Waals surface area (Å²) in [5.74, 6) is 1.24. The van der Waals surface area contributed by atoms with Crippen LogP contribution in [0, 0.1) is 0 Å². The Morgan fingerprint density at radius 3 is 2.57 bits per heavy atom. The van der Waals surface area contributed by atoms with Crippen molar-refractivity contribution in [1.82, 2.24) is 4.90 Å². The molecule has 0 aromatic rings. The Hall–Kier alpha value is 0.270. The molecule has 0 unspecified atom stereocenters. The Bertz CT molecular complexity index is 137. The number of rotatable bonds is 7.